The number of nitrogens with one attached hydrogen (secondary N) is 1. The van der Waals surface area contributed by atoms with Crippen molar-refractivity contribution in [2.24, 2.45) is 0 Å². The molecule has 1 aliphatic heterocycles. The summed E-state index contributed by atoms with van der Waals surface area (Å²) < 4.78 is 5.27. The van der Waals surface area contributed by atoms with Crippen molar-refractivity contribution in [3.63, 3.8) is 0 Å². The van der Waals surface area contributed by atoms with Crippen molar-refractivity contribution in [2.75, 3.05) is 32.8 Å². The Morgan fingerprint density at radius 3 is 2.36 bits per heavy atom. The third-order valence-electron chi connectivity index (χ3n) is 4.69. The van der Waals surface area contributed by atoms with E-state index >= 15 is 0 Å². The Balaban J connectivity index is 1.71. The van der Waals surface area contributed by atoms with E-state index in [0.29, 0.717) is 43.4 Å². The molecule has 1 saturated heterocycles. The summed E-state index contributed by atoms with van der Waals surface area (Å²) in [6.45, 7) is 4.08. The van der Waals surface area contributed by atoms with Crippen LogP contribution in [-0.2, 0) is 9.53 Å². The molecule has 2 aromatic rings. The molecule has 0 aliphatic carbocycles. The van der Waals surface area contributed by atoms with E-state index in [1.807, 2.05) is 17.0 Å². The van der Waals surface area contributed by atoms with Gasteiger partial charge in [0.1, 0.15) is 6.04 Å². The Morgan fingerprint density at radius 2 is 1.79 bits per heavy atom. The van der Waals surface area contributed by atoms with Crippen LogP contribution in [0.15, 0.2) is 47.4 Å². The molecule has 0 bridgehead atoms. The van der Waals surface area contributed by atoms with Gasteiger partial charge in [-0.1, -0.05) is 23.7 Å². The van der Waals surface area contributed by atoms with Gasteiger partial charge in [-0.05, 0) is 30.7 Å². The number of hydrogen-bond acceptors (Lipinski definition) is 5. The molecule has 1 aromatic heterocycles. The molecule has 1 unspecified atom stereocenters. The van der Waals surface area contributed by atoms with Crippen molar-refractivity contribution >= 4 is 23.5 Å². The largest absolute Gasteiger partial charge is 0.465 e. The first-order valence-electron chi connectivity index (χ1n) is 9.13. The smallest absolute Gasteiger partial charge is 0.328 e. The molecule has 1 aromatic carbocycles. The minimum Gasteiger partial charge on any atom is -0.465 e. The minimum atomic E-state index is -0.539. The maximum absolute atomic E-state index is 12.6. The number of ether oxygens (including phenoxy) is 1. The van der Waals surface area contributed by atoms with Gasteiger partial charge in [0.25, 0.3) is 5.91 Å². The van der Waals surface area contributed by atoms with Crippen molar-refractivity contribution in [1.82, 2.24) is 14.8 Å². The number of nitrogens with zero attached hydrogens (tertiary/aromatic N) is 2. The number of carbonyl (C=O) groups excluding carboxylic acids is 2. The Kier molecular flexibility index (Phi) is 6.49. The SMILES string of the molecule is CCOC(=O)C(c1ccc(Cl)cc1)N1CCN(C(=O)c2ccc(=O)[nH]c2)CC1. The van der Waals surface area contributed by atoms with Crippen LogP contribution in [0.5, 0.6) is 0 Å². The number of piperazine rings is 1. The standard InChI is InChI=1S/C20H22ClN3O4/c1-2-28-20(27)18(14-3-6-16(21)7-4-14)23-9-11-24(12-10-23)19(26)15-5-8-17(25)22-13-15/h3-8,13,18H,2,9-12H2,1H3,(H,22,25). The van der Waals surface area contributed by atoms with Crippen molar-refractivity contribution in [1.29, 1.82) is 0 Å². The topological polar surface area (TPSA) is 82.7 Å². The summed E-state index contributed by atoms with van der Waals surface area (Å²) in [5.74, 6) is -0.458. The molecule has 7 nitrogen and oxygen atoms in total. The summed E-state index contributed by atoms with van der Waals surface area (Å²) in [4.78, 5) is 42.6. The van der Waals surface area contributed by atoms with Gasteiger partial charge in [-0.15, -0.1) is 0 Å². The number of benzene rings is 1. The minimum absolute atomic E-state index is 0.143. The van der Waals surface area contributed by atoms with Crippen LogP contribution in [-0.4, -0.2) is 59.4 Å². The van der Waals surface area contributed by atoms with E-state index in [1.54, 1.807) is 24.0 Å². The summed E-state index contributed by atoms with van der Waals surface area (Å²) in [5.41, 5.74) is 0.998. The van der Waals surface area contributed by atoms with Gasteiger partial charge in [-0.3, -0.25) is 14.5 Å². The van der Waals surface area contributed by atoms with E-state index in [1.165, 1.54) is 18.3 Å². The maximum atomic E-state index is 12.6. The van der Waals surface area contributed by atoms with Crippen molar-refractivity contribution in [3.8, 4) is 0 Å². The molecular formula is C20H22ClN3O4. The van der Waals surface area contributed by atoms with E-state index in [-0.39, 0.29) is 17.4 Å². The van der Waals surface area contributed by atoms with Gasteiger partial charge in [0.15, 0.2) is 0 Å². The van der Waals surface area contributed by atoms with Crippen LogP contribution >= 0.6 is 11.6 Å². The van der Waals surface area contributed by atoms with Crippen LogP contribution < -0.4 is 5.56 Å². The molecule has 148 valence electrons. The predicted octanol–water partition coefficient (Wildman–Crippen LogP) is 2.09. The molecule has 0 radical (unpaired) electrons. The van der Waals surface area contributed by atoms with Gasteiger partial charge < -0.3 is 14.6 Å². The molecule has 2 heterocycles. The van der Waals surface area contributed by atoms with Crippen molar-refractivity contribution in [2.45, 2.75) is 13.0 Å². The molecule has 1 atom stereocenters. The molecule has 0 saturated carbocycles. The molecule has 1 amide bonds. The Labute approximate surface area is 167 Å². The highest BCUT2D eigenvalue weighted by atomic mass is 35.5. The number of pyridine rings is 1. The zero-order chi connectivity index (χ0) is 20.1. The summed E-state index contributed by atoms with van der Waals surface area (Å²) in [6, 6.07) is 9.45. The van der Waals surface area contributed by atoms with Crippen LogP contribution in [0.4, 0.5) is 0 Å². The third-order valence-corrected chi connectivity index (χ3v) is 4.95. The number of amides is 1. The van der Waals surface area contributed by atoms with Crippen LogP contribution in [0.1, 0.15) is 28.9 Å². The molecule has 8 heteroatoms. The maximum Gasteiger partial charge on any atom is 0.328 e. The van der Waals surface area contributed by atoms with Gasteiger partial charge in [-0.25, -0.2) is 4.79 Å². The van der Waals surface area contributed by atoms with E-state index < -0.39 is 6.04 Å². The highest BCUT2D eigenvalue weighted by Gasteiger charge is 2.32. The Hall–Kier alpha value is -2.64. The second-order valence-corrected chi connectivity index (χ2v) is 6.91. The van der Waals surface area contributed by atoms with E-state index in [9.17, 15) is 14.4 Å². The highest BCUT2D eigenvalue weighted by Crippen LogP contribution is 2.25. The zero-order valence-electron chi connectivity index (χ0n) is 15.6. The lowest BCUT2D eigenvalue weighted by atomic mass is 10.0. The normalized spacial score (nSPS) is 15.9. The number of halogens is 1. The second kappa shape index (κ2) is 9.03. The van der Waals surface area contributed by atoms with Crippen molar-refractivity contribution in [3.05, 3.63) is 69.1 Å². The monoisotopic (exact) mass is 403 g/mol. The number of H-pyrrole nitrogens is 1. The molecule has 28 heavy (non-hydrogen) atoms. The first kappa shape index (κ1) is 20.1. The van der Waals surface area contributed by atoms with Gasteiger partial charge in [-0.2, -0.15) is 0 Å². The van der Waals surface area contributed by atoms with Crippen LogP contribution in [0.25, 0.3) is 0 Å². The lowest BCUT2D eigenvalue weighted by molar-refractivity contribution is -0.150. The number of hydrogen-bond donors (Lipinski definition) is 1. The fraction of sp³-hybridized carbons (Fsp3) is 0.350. The van der Waals surface area contributed by atoms with E-state index in [0.717, 1.165) is 5.56 Å². The van der Waals surface area contributed by atoms with E-state index in [2.05, 4.69) is 4.98 Å². The van der Waals surface area contributed by atoms with Crippen LogP contribution in [0.3, 0.4) is 0 Å². The Bertz CT molecular complexity index is 869. The predicted molar refractivity (Wildman–Crippen MR) is 105 cm³/mol. The molecular weight excluding hydrogens is 382 g/mol. The second-order valence-electron chi connectivity index (χ2n) is 6.48. The molecule has 1 N–H and O–H groups in total. The number of esters is 1. The lowest BCUT2D eigenvalue weighted by Crippen LogP contribution is -2.51. The third kappa shape index (κ3) is 4.61. The molecule has 3 rings (SSSR count). The quantitative estimate of drug-likeness (QED) is 0.773. The Morgan fingerprint density at radius 1 is 1.11 bits per heavy atom. The number of rotatable bonds is 5. The fourth-order valence-electron chi connectivity index (χ4n) is 3.27. The number of aromatic nitrogens is 1. The highest BCUT2D eigenvalue weighted by molar-refractivity contribution is 6.30. The molecule has 0 spiro atoms. The molecule has 1 fully saturated rings. The number of aromatic amines is 1. The average molecular weight is 404 g/mol. The van der Waals surface area contributed by atoms with Crippen LogP contribution in [0, 0.1) is 0 Å². The summed E-state index contributed by atoms with van der Waals surface area (Å²) >= 11 is 5.97. The van der Waals surface area contributed by atoms with Gasteiger partial charge in [0.2, 0.25) is 5.56 Å². The average Bonchev–Trinajstić information content (AvgIpc) is 2.70. The fourth-order valence-corrected chi connectivity index (χ4v) is 3.40. The first-order chi connectivity index (χ1) is 13.5. The van der Waals surface area contributed by atoms with Crippen molar-refractivity contribution < 1.29 is 14.3 Å². The number of carbonyl (C=O) groups is 2. The van der Waals surface area contributed by atoms with Gasteiger partial charge in [0.05, 0.1) is 12.2 Å². The van der Waals surface area contributed by atoms with Gasteiger partial charge in [0, 0.05) is 43.5 Å². The first-order valence-corrected chi connectivity index (χ1v) is 9.51. The van der Waals surface area contributed by atoms with Gasteiger partial charge >= 0.3 is 5.97 Å². The lowest BCUT2D eigenvalue weighted by Gasteiger charge is -2.38. The summed E-state index contributed by atoms with van der Waals surface area (Å²) in [6.07, 6.45) is 1.42. The molecule has 1 aliphatic rings. The van der Waals surface area contributed by atoms with E-state index in [4.69, 9.17) is 16.3 Å². The zero-order valence-corrected chi connectivity index (χ0v) is 16.3. The van der Waals surface area contributed by atoms with Crippen LogP contribution in [0.2, 0.25) is 5.02 Å². The summed E-state index contributed by atoms with van der Waals surface area (Å²) in [5, 5.41) is 0.600. The summed E-state index contributed by atoms with van der Waals surface area (Å²) in [7, 11) is 0.